The van der Waals surface area contributed by atoms with Crippen LogP contribution in [-0.2, 0) is 0 Å². The molecule has 0 saturated heterocycles. The minimum Gasteiger partial charge on any atom is -0.160 e. The maximum atomic E-state index is 12.0. The van der Waals surface area contributed by atoms with E-state index in [0.717, 1.165) is 0 Å². The van der Waals surface area contributed by atoms with Crippen LogP contribution >= 0.6 is 11.8 Å². The van der Waals surface area contributed by atoms with Crippen molar-refractivity contribution in [3.8, 4) is 11.8 Å². The van der Waals surface area contributed by atoms with Gasteiger partial charge in [0.2, 0.25) is 0 Å². The lowest BCUT2D eigenvalue weighted by Gasteiger charge is -2.04. The highest BCUT2D eigenvalue weighted by molar-refractivity contribution is 8.00. The van der Waals surface area contributed by atoms with Crippen molar-refractivity contribution in [1.29, 1.82) is 0 Å². The summed E-state index contributed by atoms with van der Waals surface area (Å²) in [7, 11) is 0. The molecule has 0 N–H and O–H groups in total. The molecule has 1 aromatic rings. The Labute approximate surface area is 99.6 Å². The zero-order valence-corrected chi connectivity index (χ0v) is 9.22. The average molecular weight is 257 g/mol. The summed E-state index contributed by atoms with van der Waals surface area (Å²) in [4.78, 5) is 2.62. The van der Waals surface area contributed by atoms with E-state index in [9.17, 15) is 13.2 Å². The lowest BCUT2D eigenvalue weighted by molar-refractivity contribution is -0.0328. The molecule has 0 spiro atoms. The number of rotatable bonds is 2. The van der Waals surface area contributed by atoms with Crippen molar-refractivity contribution in [2.24, 2.45) is 5.11 Å². The van der Waals surface area contributed by atoms with E-state index < -0.39 is 5.51 Å². The Bertz CT molecular complexity index is 478. The second-order valence-corrected chi connectivity index (χ2v) is 3.90. The number of azide groups is 1. The smallest absolute Gasteiger partial charge is 0.160 e. The molecule has 0 aliphatic carbocycles. The number of hydrogen-bond donors (Lipinski definition) is 0. The fourth-order valence-electron chi connectivity index (χ4n) is 0.949. The summed E-state index contributed by atoms with van der Waals surface area (Å²) in [5.74, 6) is 5.24. The number of benzene rings is 1. The molecule has 0 aromatic heterocycles. The van der Waals surface area contributed by atoms with Gasteiger partial charge in [0.15, 0.2) is 0 Å². The highest BCUT2D eigenvalue weighted by Crippen LogP contribution is 2.36. The Morgan fingerprint density at radius 2 is 1.94 bits per heavy atom. The third-order valence-corrected chi connectivity index (χ3v) is 2.27. The van der Waals surface area contributed by atoms with Crippen LogP contribution in [0.25, 0.3) is 10.4 Å². The van der Waals surface area contributed by atoms with Crippen molar-refractivity contribution >= 4 is 11.8 Å². The van der Waals surface area contributed by atoms with Crippen LogP contribution in [0.15, 0.2) is 34.3 Å². The second kappa shape index (κ2) is 6.09. The number of thioether (sulfide) groups is 1. The van der Waals surface area contributed by atoms with Crippen LogP contribution < -0.4 is 0 Å². The Morgan fingerprint density at radius 3 is 2.47 bits per heavy atom. The average Bonchev–Trinajstić information content (AvgIpc) is 2.25. The van der Waals surface area contributed by atoms with Crippen molar-refractivity contribution in [1.82, 2.24) is 0 Å². The molecule has 0 unspecified atom stereocenters. The fraction of sp³-hybridized carbons (Fsp3) is 0.200. The van der Waals surface area contributed by atoms with Gasteiger partial charge in [-0.05, 0) is 41.6 Å². The summed E-state index contributed by atoms with van der Waals surface area (Å²) >= 11 is -0.173. The van der Waals surface area contributed by atoms with Crippen LogP contribution in [0.3, 0.4) is 0 Å². The molecular weight excluding hydrogens is 251 g/mol. The molecule has 0 aliphatic rings. The lowest BCUT2D eigenvalue weighted by Crippen LogP contribution is -1.98. The van der Waals surface area contributed by atoms with Crippen molar-refractivity contribution in [2.75, 3.05) is 6.54 Å². The van der Waals surface area contributed by atoms with Gasteiger partial charge in [0, 0.05) is 15.4 Å². The van der Waals surface area contributed by atoms with Gasteiger partial charge in [-0.3, -0.25) is 0 Å². The summed E-state index contributed by atoms with van der Waals surface area (Å²) in [6.45, 7) is 0.0373. The molecule has 0 fully saturated rings. The van der Waals surface area contributed by atoms with Crippen molar-refractivity contribution in [3.63, 3.8) is 0 Å². The number of halogens is 3. The summed E-state index contributed by atoms with van der Waals surface area (Å²) in [5, 5.41) is 3.21. The third-order valence-electron chi connectivity index (χ3n) is 1.53. The van der Waals surface area contributed by atoms with Crippen LogP contribution in [0, 0.1) is 11.8 Å². The van der Waals surface area contributed by atoms with Gasteiger partial charge >= 0.3 is 5.51 Å². The molecule has 0 atom stereocenters. The van der Waals surface area contributed by atoms with E-state index in [2.05, 4.69) is 21.9 Å². The SMILES string of the molecule is [N-]=[N+]=NCC#Cc1ccc(SC(F)(F)F)cc1. The first-order valence-electron chi connectivity index (χ1n) is 4.37. The molecule has 88 valence electrons. The number of nitrogens with zero attached hydrogens (tertiary/aromatic N) is 3. The van der Waals surface area contributed by atoms with Gasteiger partial charge in [-0.1, -0.05) is 17.0 Å². The minimum absolute atomic E-state index is 0.0373. The number of alkyl halides is 3. The van der Waals surface area contributed by atoms with Crippen molar-refractivity contribution in [2.45, 2.75) is 10.4 Å². The van der Waals surface area contributed by atoms with E-state index in [0.29, 0.717) is 5.56 Å². The Morgan fingerprint density at radius 1 is 1.29 bits per heavy atom. The molecular formula is C10H6F3N3S. The van der Waals surface area contributed by atoms with Crippen molar-refractivity contribution < 1.29 is 13.2 Å². The third kappa shape index (κ3) is 5.76. The molecule has 3 nitrogen and oxygen atoms in total. The first-order chi connectivity index (χ1) is 8.01. The monoisotopic (exact) mass is 257 g/mol. The van der Waals surface area contributed by atoms with Crippen molar-refractivity contribution in [3.05, 3.63) is 40.3 Å². The summed E-state index contributed by atoms with van der Waals surface area (Å²) in [6.07, 6.45) is 0. The second-order valence-electron chi connectivity index (χ2n) is 2.76. The van der Waals surface area contributed by atoms with Gasteiger partial charge in [0.25, 0.3) is 0 Å². The largest absolute Gasteiger partial charge is 0.446 e. The predicted octanol–water partition coefficient (Wildman–Crippen LogP) is 3.96. The van der Waals surface area contributed by atoms with Crippen LogP contribution in [0.1, 0.15) is 5.56 Å². The first-order valence-corrected chi connectivity index (χ1v) is 5.18. The van der Waals surface area contributed by atoms with Crippen LogP contribution in [-0.4, -0.2) is 12.1 Å². The predicted molar refractivity (Wildman–Crippen MR) is 59.2 cm³/mol. The molecule has 17 heavy (non-hydrogen) atoms. The quantitative estimate of drug-likeness (QED) is 0.260. The molecule has 0 heterocycles. The zero-order chi connectivity index (χ0) is 12.7. The van der Waals surface area contributed by atoms with Gasteiger partial charge in [-0.2, -0.15) is 13.2 Å². The van der Waals surface area contributed by atoms with Gasteiger partial charge in [-0.25, -0.2) is 0 Å². The van der Waals surface area contributed by atoms with E-state index in [-0.39, 0.29) is 23.2 Å². The van der Waals surface area contributed by atoms with E-state index >= 15 is 0 Å². The molecule has 1 aromatic carbocycles. The Balaban J connectivity index is 2.67. The van der Waals surface area contributed by atoms with Crippen LogP contribution in [0.4, 0.5) is 13.2 Å². The molecule has 0 aliphatic heterocycles. The van der Waals surface area contributed by atoms with E-state index in [1.165, 1.54) is 24.3 Å². The Kier molecular flexibility index (Phi) is 4.76. The summed E-state index contributed by atoms with van der Waals surface area (Å²) < 4.78 is 36.1. The van der Waals surface area contributed by atoms with Gasteiger partial charge < -0.3 is 0 Å². The lowest BCUT2D eigenvalue weighted by atomic mass is 10.2. The maximum Gasteiger partial charge on any atom is 0.446 e. The minimum atomic E-state index is -4.28. The highest BCUT2D eigenvalue weighted by atomic mass is 32.2. The molecule has 1 rings (SSSR count). The topological polar surface area (TPSA) is 48.8 Å². The molecule has 0 bridgehead atoms. The Hall–Kier alpha value is -1.77. The van der Waals surface area contributed by atoms with Gasteiger partial charge in [0.1, 0.15) is 0 Å². The van der Waals surface area contributed by atoms with Gasteiger partial charge in [-0.15, -0.1) is 0 Å². The first kappa shape index (κ1) is 13.3. The summed E-state index contributed by atoms with van der Waals surface area (Å²) in [6, 6.07) is 5.65. The normalized spacial score (nSPS) is 10.1. The van der Waals surface area contributed by atoms with E-state index in [1.807, 2.05) is 0 Å². The van der Waals surface area contributed by atoms with Gasteiger partial charge in [0.05, 0.1) is 6.54 Å². The zero-order valence-electron chi connectivity index (χ0n) is 8.40. The molecule has 0 saturated carbocycles. The molecule has 0 radical (unpaired) electrons. The fourth-order valence-corrected chi connectivity index (χ4v) is 1.49. The highest BCUT2D eigenvalue weighted by Gasteiger charge is 2.28. The van der Waals surface area contributed by atoms with E-state index in [4.69, 9.17) is 5.53 Å². The maximum absolute atomic E-state index is 12.0. The summed E-state index contributed by atoms with van der Waals surface area (Å²) in [5.41, 5.74) is 4.28. The molecule has 7 heteroatoms. The van der Waals surface area contributed by atoms with Crippen LogP contribution in [0.2, 0.25) is 0 Å². The number of hydrogen-bond acceptors (Lipinski definition) is 2. The standard InChI is InChI=1S/C10H6F3N3S/c11-10(12,13)17-9-5-3-8(4-6-9)2-1-7-15-16-14/h3-6H,7H2. The molecule has 0 amide bonds. The van der Waals surface area contributed by atoms with Crippen LogP contribution in [0.5, 0.6) is 0 Å². The van der Waals surface area contributed by atoms with E-state index in [1.54, 1.807) is 0 Å².